The number of benzene rings is 1. The number of thioether (sulfide) groups is 1. The summed E-state index contributed by atoms with van der Waals surface area (Å²) in [7, 11) is 0. The Morgan fingerprint density at radius 1 is 1.39 bits per heavy atom. The van der Waals surface area contributed by atoms with Crippen molar-refractivity contribution in [2.24, 2.45) is 0 Å². The van der Waals surface area contributed by atoms with Gasteiger partial charge in [-0.1, -0.05) is 17.7 Å². The number of halogens is 1. The fourth-order valence-electron chi connectivity index (χ4n) is 2.27. The highest BCUT2D eigenvalue weighted by Gasteiger charge is 2.48. The van der Waals surface area contributed by atoms with Gasteiger partial charge >= 0.3 is 6.03 Å². The summed E-state index contributed by atoms with van der Waals surface area (Å²) in [6.45, 7) is 1.82. The molecule has 0 N–H and O–H groups in total. The van der Waals surface area contributed by atoms with E-state index in [0.29, 0.717) is 22.3 Å². The van der Waals surface area contributed by atoms with Gasteiger partial charge in [0.2, 0.25) is 0 Å². The molecule has 6 heteroatoms. The molecule has 3 rings (SSSR count). The SMILES string of the molecule is Cc1c(Cl)cccc1N1C(=O)C2CSCN2C1=O. The van der Waals surface area contributed by atoms with Crippen LogP contribution in [-0.2, 0) is 4.79 Å². The molecule has 0 radical (unpaired) electrons. The number of hydrogen-bond donors (Lipinski definition) is 0. The predicted octanol–water partition coefficient (Wildman–Crippen LogP) is 2.49. The molecule has 2 fully saturated rings. The van der Waals surface area contributed by atoms with Crippen molar-refractivity contribution in [3.05, 3.63) is 28.8 Å². The molecule has 0 aliphatic carbocycles. The van der Waals surface area contributed by atoms with Crippen LogP contribution in [-0.4, -0.2) is 34.5 Å². The molecule has 2 saturated heterocycles. The molecule has 0 aromatic heterocycles. The van der Waals surface area contributed by atoms with Crippen molar-refractivity contribution in [3.8, 4) is 0 Å². The lowest BCUT2D eigenvalue weighted by atomic mass is 10.2. The van der Waals surface area contributed by atoms with Crippen LogP contribution < -0.4 is 4.90 Å². The second-order valence-electron chi connectivity index (χ2n) is 4.33. The highest BCUT2D eigenvalue weighted by atomic mass is 35.5. The second-order valence-corrected chi connectivity index (χ2v) is 5.73. The van der Waals surface area contributed by atoms with Crippen molar-refractivity contribution < 1.29 is 9.59 Å². The van der Waals surface area contributed by atoms with Gasteiger partial charge in [-0.25, -0.2) is 9.69 Å². The van der Waals surface area contributed by atoms with Gasteiger partial charge in [0.15, 0.2) is 0 Å². The van der Waals surface area contributed by atoms with Crippen LogP contribution >= 0.6 is 23.4 Å². The van der Waals surface area contributed by atoms with Crippen LogP contribution in [0.25, 0.3) is 0 Å². The van der Waals surface area contributed by atoms with Gasteiger partial charge in [-0.3, -0.25) is 4.79 Å². The van der Waals surface area contributed by atoms with Gasteiger partial charge < -0.3 is 4.90 Å². The summed E-state index contributed by atoms with van der Waals surface area (Å²) in [5.74, 6) is 1.13. The van der Waals surface area contributed by atoms with Gasteiger partial charge in [0.25, 0.3) is 5.91 Å². The Balaban J connectivity index is 2.05. The summed E-state index contributed by atoms with van der Waals surface area (Å²) in [5.41, 5.74) is 1.35. The molecule has 1 unspecified atom stereocenters. The molecule has 0 saturated carbocycles. The number of nitrogens with zero attached hydrogens (tertiary/aromatic N) is 2. The van der Waals surface area contributed by atoms with Crippen molar-refractivity contribution in [2.75, 3.05) is 16.5 Å². The number of anilines is 1. The first-order valence-electron chi connectivity index (χ1n) is 5.58. The summed E-state index contributed by atoms with van der Waals surface area (Å²) < 4.78 is 0. The third-order valence-electron chi connectivity index (χ3n) is 3.30. The van der Waals surface area contributed by atoms with E-state index in [1.165, 1.54) is 4.90 Å². The van der Waals surface area contributed by atoms with E-state index >= 15 is 0 Å². The number of carbonyl (C=O) groups excluding carboxylic acids is 2. The Hall–Kier alpha value is -1.20. The highest BCUT2D eigenvalue weighted by Crippen LogP contribution is 2.35. The summed E-state index contributed by atoms with van der Waals surface area (Å²) in [6.07, 6.45) is 0. The van der Waals surface area contributed by atoms with Gasteiger partial charge in [0, 0.05) is 10.8 Å². The summed E-state index contributed by atoms with van der Waals surface area (Å²) in [5, 5.41) is 0.564. The average Bonchev–Trinajstić information content (AvgIpc) is 2.90. The molecule has 1 aromatic carbocycles. The van der Waals surface area contributed by atoms with E-state index in [0.717, 1.165) is 5.56 Å². The van der Waals surface area contributed by atoms with Crippen molar-refractivity contribution in [3.63, 3.8) is 0 Å². The maximum Gasteiger partial charge on any atom is 0.332 e. The first kappa shape index (κ1) is 11.9. The van der Waals surface area contributed by atoms with Crippen molar-refractivity contribution in [1.82, 2.24) is 4.90 Å². The molecule has 1 aromatic rings. The Labute approximate surface area is 114 Å². The minimum absolute atomic E-state index is 0.143. The average molecular weight is 283 g/mol. The van der Waals surface area contributed by atoms with E-state index in [2.05, 4.69) is 0 Å². The summed E-state index contributed by atoms with van der Waals surface area (Å²) >= 11 is 7.65. The van der Waals surface area contributed by atoms with Gasteiger partial charge in [-0.05, 0) is 24.6 Å². The number of carbonyl (C=O) groups is 2. The number of hydrogen-bond acceptors (Lipinski definition) is 3. The molecule has 18 heavy (non-hydrogen) atoms. The number of amides is 3. The maximum absolute atomic E-state index is 12.3. The minimum atomic E-state index is -0.305. The first-order valence-corrected chi connectivity index (χ1v) is 7.12. The zero-order chi connectivity index (χ0) is 12.9. The van der Waals surface area contributed by atoms with Crippen molar-refractivity contribution in [1.29, 1.82) is 0 Å². The second kappa shape index (κ2) is 4.17. The van der Waals surface area contributed by atoms with E-state index < -0.39 is 0 Å². The fourth-order valence-corrected chi connectivity index (χ4v) is 3.58. The molecule has 0 spiro atoms. The number of imide groups is 1. The highest BCUT2D eigenvalue weighted by molar-refractivity contribution is 7.99. The van der Waals surface area contributed by atoms with Gasteiger partial charge in [0.1, 0.15) is 6.04 Å². The molecule has 2 heterocycles. The van der Waals surface area contributed by atoms with E-state index in [4.69, 9.17) is 11.6 Å². The molecule has 1 atom stereocenters. The Morgan fingerprint density at radius 2 is 2.17 bits per heavy atom. The lowest BCUT2D eigenvalue weighted by Gasteiger charge is -2.18. The number of rotatable bonds is 1. The third kappa shape index (κ3) is 1.54. The van der Waals surface area contributed by atoms with Crippen LogP contribution in [0.15, 0.2) is 18.2 Å². The van der Waals surface area contributed by atoms with Crippen LogP contribution in [0.3, 0.4) is 0 Å². The van der Waals surface area contributed by atoms with Gasteiger partial charge in [-0.2, -0.15) is 0 Å². The fraction of sp³-hybridized carbons (Fsp3) is 0.333. The molecule has 0 bridgehead atoms. The van der Waals surface area contributed by atoms with E-state index in [1.807, 2.05) is 6.92 Å². The van der Waals surface area contributed by atoms with Crippen molar-refractivity contribution >= 4 is 41.0 Å². The van der Waals surface area contributed by atoms with E-state index in [9.17, 15) is 9.59 Å². The Morgan fingerprint density at radius 3 is 2.89 bits per heavy atom. The minimum Gasteiger partial charge on any atom is -0.302 e. The standard InChI is InChI=1S/C12H11ClN2O2S/c1-7-8(13)3-2-4-9(7)15-11(16)10-5-18-6-14(10)12(15)17/h2-4,10H,5-6H2,1H3. The smallest absolute Gasteiger partial charge is 0.302 e. The molecule has 94 valence electrons. The van der Waals surface area contributed by atoms with Crippen LogP contribution in [0.2, 0.25) is 5.02 Å². The van der Waals surface area contributed by atoms with Gasteiger partial charge in [-0.15, -0.1) is 11.8 Å². The molecule has 3 amide bonds. The monoisotopic (exact) mass is 282 g/mol. The lowest BCUT2D eigenvalue weighted by molar-refractivity contribution is -0.118. The van der Waals surface area contributed by atoms with Crippen LogP contribution in [0, 0.1) is 6.92 Å². The summed E-state index contributed by atoms with van der Waals surface area (Å²) in [4.78, 5) is 27.4. The van der Waals surface area contributed by atoms with Crippen molar-refractivity contribution in [2.45, 2.75) is 13.0 Å². The predicted molar refractivity (Wildman–Crippen MR) is 72.0 cm³/mol. The molecule has 4 nitrogen and oxygen atoms in total. The van der Waals surface area contributed by atoms with Gasteiger partial charge in [0.05, 0.1) is 11.6 Å². The number of urea groups is 1. The largest absolute Gasteiger partial charge is 0.332 e. The zero-order valence-electron chi connectivity index (χ0n) is 9.72. The maximum atomic E-state index is 12.3. The first-order chi connectivity index (χ1) is 8.61. The Kier molecular flexibility index (Phi) is 2.75. The van der Waals surface area contributed by atoms with E-state index in [1.54, 1.807) is 34.9 Å². The number of fused-ring (bicyclic) bond motifs is 1. The van der Waals surface area contributed by atoms with Crippen LogP contribution in [0.5, 0.6) is 0 Å². The van der Waals surface area contributed by atoms with Crippen LogP contribution in [0.1, 0.15) is 5.56 Å². The Bertz CT molecular complexity index is 527. The normalized spacial score (nSPS) is 22.9. The quantitative estimate of drug-likeness (QED) is 0.743. The molecular formula is C12H11ClN2O2S. The zero-order valence-corrected chi connectivity index (χ0v) is 11.3. The molecule has 2 aliphatic rings. The lowest BCUT2D eigenvalue weighted by Crippen LogP contribution is -2.33. The topological polar surface area (TPSA) is 40.6 Å². The van der Waals surface area contributed by atoms with E-state index in [-0.39, 0.29) is 18.0 Å². The van der Waals surface area contributed by atoms with Crippen LogP contribution in [0.4, 0.5) is 10.5 Å². The summed E-state index contributed by atoms with van der Waals surface area (Å²) in [6, 6.07) is 4.72. The molecular weight excluding hydrogens is 272 g/mol. The molecule has 2 aliphatic heterocycles. The third-order valence-corrected chi connectivity index (χ3v) is 4.73.